The van der Waals surface area contributed by atoms with Crippen molar-refractivity contribution in [1.29, 1.82) is 0 Å². The van der Waals surface area contributed by atoms with Crippen LogP contribution >= 0.6 is 0 Å². The minimum Gasteiger partial charge on any atom is -0.393 e. The summed E-state index contributed by atoms with van der Waals surface area (Å²) >= 11 is 0. The van der Waals surface area contributed by atoms with Gasteiger partial charge < -0.3 is 16.0 Å². The van der Waals surface area contributed by atoms with Crippen molar-refractivity contribution in [3.63, 3.8) is 0 Å². The van der Waals surface area contributed by atoms with Gasteiger partial charge in [-0.05, 0) is 29.8 Å². The van der Waals surface area contributed by atoms with Crippen LogP contribution in [0.4, 0.5) is 23.0 Å². The summed E-state index contributed by atoms with van der Waals surface area (Å²) < 4.78 is 0. The average Bonchev–Trinajstić information content (AvgIpc) is 2.70. The topological polar surface area (TPSA) is 80.0 Å². The fraction of sp³-hybridized carbons (Fsp3) is 0.0952. The molecule has 0 spiro atoms. The van der Waals surface area contributed by atoms with Crippen LogP contribution in [0.25, 0.3) is 10.9 Å². The van der Waals surface area contributed by atoms with Gasteiger partial charge in [0.05, 0.1) is 5.52 Å². The number of nitrogen functional groups attached to an aromatic ring is 1. The van der Waals surface area contributed by atoms with Crippen molar-refractivity contribution in [3.8, 4) is 0 Å². The molecule has 0 bridgehead atoms. The number of nitrogens with zero attached hydrogens (tertiary/aromatic N) is 4. The quantitative estimate of drug-likeness (QED) is 0.563. The van der Waals surface area contributed by atoms with Crippen molar-refractivity contribution in [3.05, 3.63) is 78.8 Å². The van der Waals surface area contributed by atoms with Crippen molar-refractivity contribution in [2.75, 3.05) is 23.0 Å². The molecule has 6 nitrogen and oxygen atoms in total. The van der Waals surface area contributed by atoms with E-state index in [0.717, 1.165) is 16.6 Å². The van der Waals surface area contributed by atoms with Gasteiger partial charge in [-0.2, -0.15) is 0 Å². The molecule has 2 heterocycles. The number of nitrogens with two attached hydrogens (primary N) is 1. The second-order valence-corrected chi connectivity index (χ2v) is 6.30. The fourth-order valence-corrected chi connectivity index (χ4v) is 3.06. The van der Waals surface area contributed by atoms with E-state index in [1.165, 1.54) is 11.9 Å². The maximum Gasteiger partial charge on any atom is 0.159 e. The lowest BCUT2D eigenvalue weighted by atomic mass is 10.2. The number of fused-ring (bicyclic) bond motifs is 1. The molecule has 0 aliphatic rings. The van der Waals surface area contributed by atoms with E-state index in [4.69, 9.17) is 5.73 Å². The zero-order valence-corrected chi connectivity index (χ0v) is 15.0. The zero-order valence-electron chi connectivity index (χ0n) is 15.0. The molecule has 0 aliphatic heterocycles. The molecule has 0 radical (unpaired) electrons. The zero-order chi connectivity index (χ0) is 18.6. The SMILES string of the molecule is CN(Cc1ccccc1)c1ncnc(Nc2cccc3ncccc23)c1N. The Morgan fingerprint density at radius 2 is 1.78 bits per heavy atom. The van der Waals surface area contributed by atoms with Crippen LogP contribution in [0.15, 0.2) is 73.2 Å². The van der Waals surface area contributed by atoms with Gasteiger partial charge >= 0.3 is 0 Å². The van der Waals surface area contributed by atoms with Crippen molar-refractivity contribution in [2.45, 2.75) is 6.54 Å². The van der Waals surface area contributed by atoms with Crippen molar-refractivity contribution in [1.82, 2.24) is 15.0 Å². The maximum atomic E-state index is 6.39. The van der Waals surface area contributed by atoms with E-state index in [1.54, 1.807) is 6.20 Å². The number of hydrogen-bond acceptors (Lipinski definition) is 6. The summed E-state index contributed by atoms with van der Waals surface area (Å²) in [6.45, 7) is 0.708. The van der Waals surface area contributed by atoms with Crippen LogP contribution in [0.5, 0.6) is 0 Å². The van der Waals surface area contributed by atoms with E-state index in [9.17, 15) is 0 Å². The first-order valence-corrected chi connectivity index (χ1v) is 8.68. The molecule has 134 valence electrons. The van der Waals surface area contributed by atoms with Gasteiger partial charge in [0.1, 0.15) is 12.0 Å². The number of rotatable bonds is 5. The molecule has 0 amide bonds. The standard InChI is InChI=1S/C21H20N6/c1-27(13-15-7-3-2-4-8-15)21-19(22)20(24-14-25-21)26-18-11-5-10-17-16(18)9-6-12-23-17/h2-12,14H,13,22H2,1H3,(H,24,25,26). The number of pyridine rings is 1. The van der Waals surface area contributed by atoms with E-state index in [0.29, 0.717) is 23.9 Å². The van der Waals surface area contributed by atoms with Crippen LogP contribution in [0.3, 0.4) is 0 Å². The van der Waals surface area contributed by atoms with Crippen LogP contribution < -0.4 is 16.0 Å². The molecule has 0 atom stereocenters. The highest BCUT2D eigenvalue weighted by Crippen LogP contribution is 2.31. The molecule has 4 aromatic rings. The van der Waals surface area contributed by atoms with Crippen LogP contribution in [0.1, 0.15) is 5.56 Å². The van der Waals surface area contributed by atoms with Crippen molar-refractivity contribution < 1.29 is 0 Å². The van der Waals surface area contributed by atoms with Gasteiger partial charge in [0.15, 0.2) is 11.6 Å². The molecule has 27 heavy (non-hydrogen) atoms. The second-order valence-electron chi connectivity index (χ2n) is 6.30. The number of nitrogens with one attached hydrogen (secondary N) is 1. The van der Waals surface area contributed by atoms with E-state index in [2.05, 4.69) is 32.4 Å². The Morgan fingerprint density at radius 3 is 2.63 bits per heavy atom. The molecule has 2 aromatic carbocycles. The van der Waals surface area contributed by atoms with Crippen molar-refractivity contribution in [2.24, 2.45) is 0 Å². The molecular weight excluding hydrogens is 336 g/mol. The summed E-state index contributed by atoms with van der Waals surface area (Å²) in [6.07, 6.45) is 3.31. The monoisotopic (exact) mass is 356 g/mol. The summed E-state index contributed by atoms with van der Waals surface area (Å²) in [6, 6.07) is 20.1. The molecule has 2 aromatic heterocycles. The Balaban J connectivity index is 1.64. The Hall–Kier alpha value is -3.67. The lowest BCUT2D eigenvalue weighted by Gasteiger charge is -2.21. The van der Waals surface area contributed by atoms with E-state index >= 15 is 0 Å². The first kappa shape index (κ1) is 16.8. The summed E-state index contributed by atoms with van der Waals surface area (Å²) in [7, 11) is 1.97. The fourth-order valence-electron chi connectivity index (χ4n) is 3.06. The van der Waals surface area contributed by atoms with Crippen molar-refractivity contribution >= 4 is 33.9 Å². The normalized spacial score (nSPS) is 10.7. The molecule has 0 unspecified atom stereocenters. The van der Waals surface area contributed by atoms with Crippen LogP contribution in [0, 0.1) is 0 Å². The summed E-state index contributed by atoms with van der Waals surface area (Å²) in [5.74, 6) is 1.27. The average molecular weight is 356 g/mol. The van der Waals surface area contributed by atoms with E-state index in [1.807, 2.05) is 60.5 Å². The van der Waals surface area contributed by atoms with Crippen LogP contribution in [0.2, 0.25) is 0 Å². The number of aromatic nitrogens is 3. The first-order chi connectivity index (χ1) is 13.2. The third-order valence-corrected chi connectivity index (χ3v) is 4.39. The highest BCUT2D eigenvalue weighted by atomic mass is 15.2. The largest absolute Gasteiger partial charge is 0.393 e. The Bertz CT molecular complexity index is 1060. The van der Waals surface area contributed by atoms with Crippen LogP contribution in [-0.2, 0) is 6.54 Å². The number of hydrogen-bond donors (Lipinski definition) is 2. The second kappa shape index (κ2) is 7.29. The predicted octanol–water partition coefficient (Wildman–Crippen LogP) is 3.99. The van der Waals surface area contributed by atoms with Gasteiger partial charge in [-0.15, -0.1) is 0 Å². The lowest BCUT2D eigenvalue weighted by Crippen LogP contribution is -2.20. The van der Waals surface area contributed by atoms with Gasteiger partial charge in [0.25, 0.3) is 0 Å². The van der Waals surface area contributed by atoms with Gasteiger partial charge in [-0.1, -0.05) is 36.4 Å². The molecule has 4 rings (SSSR count). The third-order valence-electron chi connectivity index (χ3n) is 4.39. The van der Waals surface area contributed by atoms with E-state index < -0.39 is 0 Å². The number of anilines is 4. The Morgan fingerprint density at radius 1 is 0.926 bits per heavy atom. The van der Waals surface area contributed by atoms with Gasteiger partial charge in [-0.3, -0.25) is 4.98 Å². The van der Waals surface area contributed by atoms with Gasteiger partial charge in [0, 0.05) is 30.9 Å². The lowest BCUT2D eigenvalue weighted by molar-refractivity contribution is 0.894. The van der Waals surface area contributed by atoms with Crippen LogP contribution in [-0.4, -0.2) is 22.0 Å². The molecule has 0 aliphatic carbocycles. The predicted molar refractivity (Wildman–Crippen MR) is 110 cm³/mol. The molecule has 3 N–H and O–H groups in total. The minimum absolute atomic E-state index is 0.511. The highest BCUT2D eigenvalue weighted by molar-refractivity contribution is 5.94. The van der Waals surface area contributed by atoms with Gasteiger partial charge in [0.2, 0.25) is 0 Å². The highest BCUT2D eigenvalue weighted by Gasteiger charge is 2.13. The number of benzene rings is 2. The van der Waals surface area contributed by atoms with E-state index in [-0.39, 0.29) is 0 Å². The molecule has 0 saturated heterocycles. The third kappa shape index (κ3) is 3.50. The molecule has 0 saturated carbocycles. The molecule has 6 heteroatoms. The summed E-state index contributed by atoms with van der Waals surface area (Å²) in [5.41, 5.74) is 9.90. The summed E-state index contributed by atoms with van der Waals surface area (Å²) in [5, 5.41) is 4.34. The Kier molecular flexibility index (Phi) is 4.53. The Labute approximate surface area is 157 Å². The minimum atomic E-state index is 0.511. The first-order valence-electron chi connectivity index (χ1n) is 8.68. The molecular formula is C21H20N6. The molecule has 0 fully saturated rings. The summed E-state index contributed by atoms with van der Waals surface area (Å²) in [4.78, 5) is 15.1. The van der Waals surface area contributed by atoms with Gasteiger partial charge in [-0.25, -0.2) is 9.97 Å². The smallest absolute Gasteiger partial charge is 0.159 e. The maximum absolute atomic E-state index is 6.39.